The van der Waals surface area contributed by atoms with E-state index in [1.54, 1.807) is 55.9 Å². The van der Waals surface area contributed by atoms with Crippen LogP contribution in [0.25, 0.3) is 28.2 Å². The molecule has 13 nitrogen and oxygen atoms in total. The van der Waals surface area contributed by atoms with Gasteiger partial charge >= 0.3 is 12.1 Å². The molecular weight excluding hydrogens is 670 g/mol. The number of urea groups is 1. The molecule has 1 aromatic carbocycles. The highest BCUT2D eigenvalue weighted by molar-refractivity contribution is 6.76. The van der Waals surface area contributed by atoms with Crippen molar-refractivity contribution in [1.82, 2.24) is 39.2 Å². The fourth-order valence-corrected chi connectivity index (χ4v) is 7.28. The molecule has 0 N–H and O–H groups in total. The Morgan fingerprint density at radius 2 is 1.92 bits per heavy atom. The molecular formula is C36H50FN9O4Si. The molecule has 2 aliphatic rings. The van der Waals surface area contributed by atoms with Gasteiger partial charge in [0.05, 0.1) is 23.8 Å². The topological polar surface area (TPSA) is 123 Å². The van der Waals surface area contributed by atoms with Gasteiger partial charge in [-0.3, -0.25) is 4.90 Å². The van der Waals surface area contributed by atoms with Crippen LogP contribution in [-0.4, -0.2) is 103 Å². The van der Waals surface area contributed by atoms with Gasteiger partial charge in [0.1, 0.15) is 30.3 Å². The standard InChI is InChI=1S/C36H50FN9O4Si/c1-24(2)30-21-42(20-26-10-9-14-44(26)35(48)50-36(3,4)5)34(47)46(30)31-13-15-45-33(40-31)28(19-39-45)25-11-12-27(29(37)18-25)32-38-22-43(41-32)23-49-16-17-51(6,7)8/h11-13,15,18-19,22,24,26,30H,9-10,14,16-17,20-21,23H2,1-8H3/t26?,30-/m1/s1. The zero-order chi connectivity index (χ0) is 36.7. The summed E-state index contributed by atoms with van der Waals surface area (Å²) in [5.74, 6) is 0.432. The van der Waals surface area contributed by atoms with E-state index in [1.165, 1.54) is 6.07 Å². The van der Waals surface area contributed by atoms with Crippen LogP contribution in [0.1, 0.15) is 47.5 Å². The Morgan fingerprint density at radius 3 is 2.63 bits per heavy atom. The number of carbonyl (C=O) groups is 2. The minimum absolute atomic E-state index is 0.122. The molecule has 3 aromatic heterocycles. The molecule has 2 atom stereocenters. The number of rotatable bonds is 11. The second-order valence-electron chi connectivity index (χ2n) is 16.1. The van der Waals surface area contributed by atoms with Crippen molar-refractivity contribution >= 4 is 31.7 Å². The van der Waals surface area contributed by atoms with E-state index in [-0.39, 0.29) is 48.2 Å². The van der Waals surface area contributed by atoms with Crippen molar-refractivity contribution in [3.63, 3.8) is 0 Å². The van der Waals surface area contributed by atoms with Crippen molar-refractivity contribution in [2.75, 3.05) is 31.1 Å². The normalized spacial score (nSPS) is 18.5. The van der Waals surface area contributed by atoms with Crippen LogP contribution in [-0.2, 0) is 16.2 Å². The molecule has 0 saturated carbocycles. The average molecular weight is 720 g/mol. The molecule has 0 radical (unpaired) electrons. The molecule has 6 rings (SSSR count). The lowest BCUT2D eigenvalue weighted by Crippen LogP contribution is -2.46. The smallest absolute Gasteiger partial charge is 0.410 e. The fourth-order valence-electron chi connectivity index (χ4n) is 6.53. The highest BCUT2D eigenvalue weighted by atomic mass is 28.3. The summed E-state index contributed by atoms with van der Waals surface area (Å²) in [6, 6.07) is 7.30. The summed E-state index contributed by atoms with van der Waals surface area (Å²) < 4.78 is 30.2. The Labute approximate surface area is 299 Å². The Bertz CT molecular complexity index is 1880. The molecule has 274 valence electrons. The number of amides is 3. The van der Waals surface area contributed by atoms with Crippen molar-refractivity contribution in [3.8, 4) is 22.5 Å². The molecule has 51 heavy (non-hydrogen) atoms. The molecule has 15 heteroatoms. The summed E-state index contributed by atoms with van der Waals surface area (Å²) in [5.41, 5.74) is 1.39. The highest BCUT2D eigenvalue weighted by Crippen LogP contribution is 2.33. The lowest BCUT2D eigenvalue weighted by molar-refractivity contribution is 0.0208. The van der Waals surface area contributed by atoms with Crippen molar-refractivity contribution < 1.29 is 23.5 Å². The number of likely N-dealkylation sites (tertiary alicyclic amines) is 1. The zero-order valence-electron chi connectivity index (χ0n) is 31.0. The van der Waals surface area contributed by atoms with Crippen LogP contribution >= 0.6 is 0 Å². The monoisotopic (exact) mass is 719 g/mol. The van der Waals surface area contributed by atoms with Crippen molar-refractivity contribution in [1.29, 1.82) is 0 Å². The number of halogens is 1. The summed E-state index contributed by atoms with van der Waals surface area (Å²) in [5, 5.41) is 8.89. The van der Waals surface area contributed by atoms with Crippen LogP contribution in [0.4, 0.5) is 19.8 Å². The van der Waals surface area contributed by atoms with Gasteiger partial charge < -0.3 is 19.3 Å². The Morgan fingerprint density at radius 1 is 1.14 bits per heavy atom. The third kappa shape index (κ3) is 8.25. The summed E-state index contributed by atoms with van der Waals surface area (Å²) in [6.45, 7) is 19.1. The van der Waals surface area contributed by atoms with Gasteiger partial charge in [0.25, 0.3) is 0 Å². The second kappa shape index (κ2) is 14.3. The van der Waals surface area contributed by atoms with Gasteiger partial charge in [-0.25, -0.2) is 33.1 Å². The molecule has 2 aliphatic heterocycles. The van der Waals surface area contributed by atoms with Crippen molar-refractivity contribution in [2.24, 2.45) is 5.92 Å². The summed E-state index contributed by atoms with van der Waals surface area (Å²) >= 11 is 0. The number of carbonyl (C=O) groups excluding carboxylic acids is 2. The number of anilines is 1. The summed E-state index contributed by atoms with van der Waals surface area (Å²) in [6.07, 6.45) is 6.28. The van der Waals surface area contributed by atoms with E-state index in [1.807, 2.05) is 25.7 Å². The molecule has 4 aromatic rings. The van der Waals surface area contributed by atoms with Crippen LogP contribution in [0.2, 0.25) is 25.7 Å². The molecule has 0 bridgehead atoms. The van der Waals surface area contributed by atoms with E-state index in [0.717, 1.165) is 18.9 Å². The van der Waals surface area contributed by atoms with Crippen molar-refractivity contribution in [2.45, 2.75) is 97.6 Å². The van der Waals surface area contributed by atoms with Gasteiger partial charge in [-0.15, -0.1) is 5.10 Å². The van der Waals surface area contributed by atoms with Gasteiger partial charge in [0, 0.05) is 46.1 Å². The first kappa shape index (κ1) is 36.4. The van der Waals surface area contributed by atoms with Crippen LogP contribution in [0.15, 0.2) is 43.0 Å². The molecule has 5 heterocycles. The number of hydrogen-bond donors (Lipinski definition) is 0. The third-order valence-corrected chi connectivity index (χ3v) is 11.0. The number of benzene rings is 1. The Hall–Kier alpha value is -4.37. The quantitative estimate of drug-likeness (QED) is 0.123. The minimum atomic E-state index is -1.20. The van der Waals surface area contributed by atoms with Gasteiger partial charge in [0.2, 0.25) is 0 Å². The van der Waals surface area contributed by atoms with Gasteiger partial charge in [0.15, 0.2) is 11.5 Å². The number of ether oxygens (including phenoxy) is 2. The van der Waals surface area contributed by atoms with Gasteiger partial charge in [-0.1, -0.05) is 39.6 Å². The SMILES string of the molecule is CC(C)[C@H]1CN(CC2CCCN2C(=O)OC(C)(C)C)C(=O)N1c1ccn2ncc(-c3ccc(-c4ncn(COCC[Si](C)(C)C)n4)c(F)c3)c2n1. The molecule has 1 unspecified atom stereocenters. The fraction of sp³-hybridized carbons (Fsp3) is 0.556. The first-order chi connectivity index (χ1) is 24.1. The summed E-state index contributed by atoms with van der Waals surface area (Å²) in [4.78, 5) is 41.6. The predicted molar refractivity (Wildman–Crippen MR) is 196 cm³/mol. The molecule has 2 saturated heterocycles. The maximum Gasteiger partial charge on any atom is 0.410 e. The molecule has 2 fully saturated rings. The Kier molecular flexibility index (Phi) is 10.2. The number of hydrogen-bond acceptors (Lipinski definition) is 8. The lowest BCUT2D eigenvalue weighted by Gasteiger charge is -2.30. The lowest BCUT2D eigenvalue weighted by atomic mass is 10.0. The largest absolute Gasteiger partial charge is 0.444 e. The van der Waals surface area contributed by atoms with Crippen LogP contribution in [0, 0.1) is 11.7 Å². The van der Waals surface area contributed by atoms with Gasteiger partial charge in [-0.2, -0.15) is 5.10 Å². The first-order valence-corrected chi connectivity index (χ1v) is 21.5. The minimum Gasteiger partial charge on any atom is -0.444 e. The maximum absolute atomic E-state index is 15.6. The van der Waals surface area contributed by atoms with Crippen LogP contribution in [0.5, 0.6) is 0 Å². The van der Waals surface area contributed by atoms with Crippen molar-refractivity contribution in [3.05, 3.63) is 48.8 Å². The third-order valence-electron chi connectivity index (χ3n) is 9.30. The molecule has 0 aliphatic carbocycles. The van der Waals surface area contributed by atoms with E-state index in [4.69, 9.17) is 14.5 Å². The van der Waals surface area contributed by atoms with Gasteiger partial charge in [-0.05, 0) is 69.3 Å². The van der Waals surface area contributed by atoms with Crippen LogP contribution in [0.3, 0.4) is 0 Å². The van der Waals surface area contributed by atoms with E-state index in [0.29, 0.717) is 48.8 Å². The number of fused-ring (bicyclic) bond motifs is 1. The highest BCUT2D eigenvalue weighted by Gasteiger charge is 2.43. The predicted octanol–water partition coefficient (Wildman–Crippen LogP) is 6.77. The van der Waals surface area contributed by atoms with E-state index < -0.39 is 19.5 Å². The van der Waals surface area contributed by atoms with E-state index >= 15 is 4.39 Å². The van der Waals surface area contributed by atoms with E-state index in [2.05, 4.69) is 48.7 Å². The number of nitrogens with zero attached hydrogens (tertiary/aromatic N) is 9. The molecule has 0 spiro atoms. The molecule has 3 amide bonds. The Balaban J connectivity index is 1.20. The zero-order valence-corrected chi connectivity index (χ0v) is 32.0. The summed E-state index contributed by atoms with van der Waals surface area (Å²) in [7, 11) is -1.20. The first-order valence-electron chi connectivity index (χ1n) is 17.8. The van der Waals surface area contributed by atoms with E-state index in [9.17, 15) is 9.59 Å². The second-order valence-corrected chi connectivity index (χ2v) is 21.7. The van der Waals surface area contributed by atoms with Crippen LogP contribution < -0.4 is 4.90 Å². The number of aromatic nitrogens is 6. The maximum atomic E-state index is 15.6. The average Bonchev–Trinajstić information content (AvgIpc) is 3.85.